The largest absolute Gasteiger partial charge is 0.310 e. The van der Waals surface area contributed by atoms with E-state index < -0.39 is 0 Å². The third-order valence-corrected chi connectivity index (χ3v) is 4.84. The fraction of sp³-hybridized carbons (Fsp3) is 0.647. The number of aryl methyl sites for hydroxylation is 2. The topological polar surface area (TPSA) is 12.0 Å². The van der Waals surface area contributed by atoms with Crippen molar-refractivity contribution in [2.24, 2.45) is 11.8 Å². The molecule has 2 aliphatic carbocycles. The summed E-state index contributed by atoms with van der Waals surface area (Å²) in [5.74, 6) is 1.88. The molecule has 0 bridgehead atoms. The van der Waals surface area contributed by atoms with Gasteiger partial charge in [0.05, 0.1) is 0 Å². The average molecular weight is 243 g/mol. The van der Waals surface area contributed by atoms with Crippen molar-refractivity contribution in [3.8, 4) is 0 Å². The van der Waals surface area contributed by atoms with Crippen LogP contribution in [0.25, 0.3) is 0 Å². The van der Waals surface area contributed by atoms with Crippen molar-refractivity contribution in [1.82, 2.24) is 5.32 Å². The highest BCUT2D eigenvalue weighted by molar-refractivity contribution is 5.37. The number of rotatable bonds is 3. The Balaban J connectivity index is 1.61. The molecule has 98 valence electrons. The molecule has 0 heterocycles. The van der Waals surface area contributed by atoms with E-state index in [9.17, 15) is 0 Å². The van der Waals surface area contributed by atoms with Crippen LogP contribution >= 0.6 is 0 Å². The molecule has 1 saturated carbocycles. The van der Waals surface area contributed by atoms with Gasteiger partial charge in [0.2, 0.25) is 0 Å². The summed E-state index contributed by atoms with van der Waals surface area (Å²) < 4.78 is 0. The third kappa shape index (κ3) is 2.47. The lowest BCUT2D eigenvalue weighted by molar-refractivity contribution is 0.426. The van der Waals surface area contributed by atoms with Crippen LogP contribution in [-0.2, 0) is 6.42 Å². The Morgan fingerprint density at radius 1 is 1.22 bits per heavy atom. The van der Waals surface area contributed by atoms with Gasteiger partial charge in [-0.15, -0.1) is 0 Å². The Hall–Kier alpha value is -0.820. The molecule has 0 saturated heterocycles. The van der Waals surface area contributed by atoms with Crippen LogP contribution in [0.5, 0.6) is 0 Å². The number of benzene rings is 1. The van der Waals surface area contributed by atoms with Gasteiger partial charge in [0, 0.05) is 6.04 Å². The van der Waals surface area contributed by atoms with Gasteiger partial charge >= 0.3 is 0 Å². The van der Waals surface area contributed by atoms with Crippen molar-refractivity contribution in [3.05, 3.63) is 34.9 Å². The average Bonchev–Trinajstić information content (AvgIpc) is 2.93. The van der Waals surface area contributed by atoms with Crippen molar-refractivity contribution in [1.29, 1.82) is 0 Å². The Bertz CT molecular complexity index is 424. The molecule has 1 nitrogen and oxygen atoms in total. The van der Waals surface area contributed by atoms with Gasteiger partial charge in [0.25, 0.3) is 0 Å². The predicted octanol–water partition coefficient (Wildman–Crippen LogP) is 4.01. The van der Waals surface area contributed by atoms with Crippen LogP contribution in [0.15, 0.2) is 18.2 Å². The quantitative estimate of drug-likeness (QED) is 0.846. The molecule has 1 aromatic rings. The molecule has 0 aromatic heterocycles. The summed E-state index contributed by atoms with van der Waals surface area (Å²) in [5.41, 5.74) is 4.54. The van der Waals surface area contributed by atoms with Crippen molar-refractivity contribution in [2.75, 3.05) is 6.54 Å². The minimum Gasteiger partial charge on any atom is -0.310 e. The van der Waals surface area contributed by atoms with E-state index in [-0.39, 0.29) is 0 Å². The molecular formula is C17H25N. The van der Waals surface area contributed by atoms with Crippen molar-refractivity contribution in [3.63, 3.8) is 0 Å². The van der Waals surface area contributed by atoms with E-state index in [1.165, 1.54) is 44.2 Å². The summed E-state index contributed by atoms with van der Waals surface area (Å²) >= 11 is 0. The van der Waals surface area contributed by atoms with Crippen LogP contribution < -0.4 is 5.32 Å². The van der Waals surface area contributed by atoms with Crippen LogP contribution in [0, 0.1) is 18.8 Å². The van der Waals surface area contributed by atoms with Gasteiger partial charge in [0.1, 0.15) is 0 Å². The summed E-state index contributed by atoms with van der Waals surface area (Å²) in [5, 5.41) is 3.83. The molecule has 1 fully saturated rings. The molecule has 3 atom stereocenters. The van der Waals surface area contributed by atoms with Crippen molar-refractivity contribution >= 4 is 0 Å². The molecular weight excluding hydrogens is 218 g/mol. The first-order valence-corrected chi connectivity index (χ1v) is 7.55. The van der Waals surface area contributed by atoms with Crippen LogP contribution in [0.1, 0.15) is 55.3 Å². The highest BCUT2D eigenvalue weighted by Crippen LogP contribution is 2.34. The molecule has 0 aliphatic heterocycles. The maximum atomic E-state index is 3.83. The maximum absolute atomic E-state index is 3.83. The summed E-state index contributed by atoms with van der Waals surface area (Å²) in [7, 11) is 0. The number of hydrogen-bond acceptors (Lipinski definition) is 1. The van der Waals surface area contributed by atoms with Crippen molar-refractivity contribution in [2.45, 2.75) is 52.0 Å². The van der Waals surface area contributed by atoms with E-state index in [0.29, 0.717) is 6.04 Å². The number of fused-ring (bicyclic) bond motifs is 1. The fourth-order valence-corrected chi connectivity index (χ4v) is 3.75. The Labute approximate surface area is 111 Å². The SMILES string of the molecule is Cc1ccc2c(c1)C(NCC1CCC(C)C1)CC2. The Morgan fingerprint density at radius 3 is 2.89 bits per heavy atom. The van der Waals surface area contributed by atoms with Gasteiger partial charge in [-0.1, -0.05) is 37.1 Å². The highest BCUT2D eigenvalue weighted by Gasteiger charge is 2.25. The molecule has 0 amide bonds. The smallest absolute Gasteiger partial charge is 0.0326 e. The summed E-state index contributed by atoms with van der Waals surface area (Å²) in [4.78, 5) is 0. The van der Waals surface area contributed by atoms with E-state index in [0.717, 1.165) is 11.8 Å². The van der Waals surface area contributed by atoms with Crippen LogP contribution in [0.2, 0.25) is 0 Å². The first kappa shape index (κ1) is 12.2. The summed E-state index contributed by atoms with van der Waals surface area (Å²) in [6.07, 6.45) is 6.85. The number of nitrogens with one attached hydrogen (secondary N) is 1. The van der Waals surface area contributed by atoms with Gasteiger partial charge in [0.15, 0.2) is 0 Å². The Morgan fingerprint density at radius 2 is 2.11 bits per heavy atom. The first-order chi connectivity index (χ1) is 8.72. The third-order valence-electron chi connectivity index (χ3n) is 4.84. The van der Waals surface area contributed by atoms with E-state index in [4.69, 9.17) is 0 Å². The normalized spacial score (nSPS) is 30.7. The molecule has 18 heavy (non-hydrogen) atoms. The second-order valence-electron chi connectivity index (χ2n) is 6.49. The Kier molecular flexibility index (Phi) is 3.43. The minimum atomic E-state index is 0.621. The summed E-state index contributed by atoms with van der Waals surface area (Å²) in [6, 6.07) is 7.58. The molecule has 0 radical (unpaired) electrons. The molecule has 3 rings (SSSR count). The van der Waals surface area contributed by atoms with Crippen LogP contribution in [-0.4, -0.2) is 6.54 Å². The zero-order chi connectivity index (χ0) is 12.5. The van der Waals surface area contributed by atoms with Gasteiger partial charge in [-0.2, -0.15) is 0 Å². The monoisotopic (exact) mass is 243 g/mol. The zero-order valence-corrected chi connectivity index (χ0v) is 11.7. The van der Waals surface area contributed by atoms with E-state index in [2.05, 4.69) is 37.4 Å². The lowest BCUT2D eigenvalue weighted by atomic mass is 10.0. The van der Waals surface area contributed by atoms with Gasteiger partial charge in [-0.25, -0.2) is 0 Å². The molecule has 1 heteroatoms. The van der Waals surface area contributed by atoms with Gasteiger partial charge in [-0.05, 0) is 62.1 Å². The molecule has 1 aromatic carbocycles. The lowest BCUT2D eigenvalue weighted by Gasteiger charge is -2.18. The molecule has 3 unspecified atom stereocenters. The molecule has 0 spiro atoms. The standard InChI is InChI=1S/C17H25N/c1-12-3-5-14(9-12)11-18-17-8-7-15-6-4-13(2)10-16(15)17/h4,6,10,12,14,17-18H,3,5,7-9,11H2,1-2H3. The van der Waals surface area contributed by atoms with Crippen LogP contribution in [0.3, 0.4) is 0 Å². The fourth-order valence-electron chi connectivity index (χ4n) is 3.75. The van der Waals surface area contributed by atoms with E-state index >= 15 is 0 Å². The minimum absolute atomic E-state index is 0.621. The van der Waals surface area contributed by atoms with Crippen LogP contribution in [0.4, 0.5) is 0 Å². The number of hydrogen-bond donors (Lipinski definition) is 1. The first-order valence-electron chi connectivity index (χ1n) is 7.55. The predicted molar refractivity (Wildman–Crippen MR) is 76.7 cm³/mol. The van der Waals surface area contributed by atoms with Crippen molar-refractivity contribution < 1.29 is 0 Å². The molecule has 1 N–H and O–H groups in total. The maximum Gasteiger partial charge on any atom is 0.0326 e. The van der Waals surface area contributed by atoms with Gasteiger partial charge in [-0.3, -0.25) is 0 Å². The molecule has 2 aliphatic rings. The van der Waals surface area contributed by atoms with E-state index in [1.54, 1.807) is 11.1 Å². The van der Waals surface area contributed by atoms with E-state index in [1.807, 2.05) is 0 Å². The second kappa shape index (κ2) is 5.05. The second-order valence-corrected chi connectivity index (χ2v) is 6.49. The highest BCUT2D eigenvalue weighted by atomic mass is 14.9. The lowest BCUT2D eigenvalue weighted by Crippen LogP contribution is -2.25. The zero-order valence-electron chi connectivity index (χ0n) is 11.7. The summed E-state index contributed by atoms with van der Waals surface area (Å²) in [6.45, 7) is 5.82. The van der Waals surface area contributed by atoms with Gasteiger partial charge < -0.3 is 5.32 Å².